The molecule has 0 radical (unpaired) electrons. The number of benzene rings is 1. The van der Waals surface area contributed by atoms with Crippen molar-refractivity contribution in [2.75, 3.05) is 4.90 Å². The third kappa shape index (κ3) is 3.99. The second-order valence-corrected chi connectivity index (χ2v) is 8.47. The Kier molecular flexibility index (Phi) is 4.10. The van der Waals surface area contributed by atoms with Crippen LogP contribution in [0.3, 0.4) is 0 Å². The first-order valence-corrected chi connectivity index (χ1v) is 7.24. The highest BCUT2D eigenvalue weighted by atomic mass is 15.2. The zero-order chi connectivity index (χ0) is 15.1. The molecule has 0 aliphatic carbocycles. The summed E-state index contributed by atoms with van der Waals surface area (Å²) in [6.45, 7) is 20.4. The fourth-order valence-corrected chi connectivity index (χ4v) is 2.89. The molecule has 1 aromatic rings. The molecule has 0 saturated heterocycles. The molecule has 0 aliphatic rings. The molecule has 19 heavy (non-hydrogen) atoms. The van der Waals surface area contributed by atoms with E-state index >= 15 is 0 Å². The van der Waals surface area contributed by atoms with E-state index in [1.165, 1.54) is 11.3 Å². The third-order valence-corrected chi connectivity index (χ3v) is 3.33. The Morgan fingerprint density at radius 3 is 1.26 bits per heavy atom. The summed E-state index contributed by atoms with van der Waals surface area (Å²) in [5, 5.41) is 0. The lowest BCUT2D eigenvalue weighted by atomic mass is 9.86. The van der Waals surface area contributed by atoms with Gasteiger partial charge in [0.15, 0.2) is 0 Å². The van der Waals surface area contributed by atoms with Crippen LogP contribution in [0.5, 0.6) is 0 Å². The van der Waals surface area contributed by atoms with E-state index < -0.39 is 0 Å². The Hall–Kier alpha value is -0.980. The summed E-state index contributed by atoms with van der Waals surface area (Å²) in [6, 6.07) is 9.05. The van der Waals surface area contributed by atoms with Crippen LogP contribution < -0.4 is 4.90 Å². The molecule has 0 aromatic heterocycles. The molecule has 1 rings (SSSR count). The molecule has 0 unspecified atom stereocenters. The summed E-state index contributed by atoms with van der Waals surface area (Å²) in [5.41, 5.74) is 3.13. The fraction of sp³-hybridized carbons (Fsp3) is 0.667. The molecule has 0 aliphatic heterocycles. The van der Waals surface area contributed by atoms with Gasteiger partial charge in [0.2, 0.25) is 0 Å². The molecule has 0 N–H and O–H groups in total. The maximum Gasteiger partial charge on any atom is 0.0375 e. The van der Waals surface area contributed by atoms with Crippen molar-refractivity contribution in [1.29, 1.82) is 0 Å². The molecule has 0 amide bonds. The van der Waals surface area contributed by atoms with Crippen molar-refractivity contribution in [3.63, 3.8) is 0 Å². The van der Waals surface area contributed by atoms with Crippen molar-refractivity contribution < 1.29 is 0 Å². The monoisotopic (exact) mass is 261 g/mol. The van der Waals surface area contributed by atoms with Crippen molar-refractivity contribution in [3.8, 4) is 0 Å². The van der Waals surface area contributed by atoms with Gasteiger partial charge in [0.25, 0.3) is 0 Å². The van der Waals surface area contributed by atoms with Crippen LogP contribution in [-0.4, -0.2) is 11.1 Å². The molecular weight excluding hydrogens is 230 g/mol. The molecule has 0 fully saturated rings. The van der Waals surface area contributed by atoms with Gasteiger partial charge in [-0.1, -0.05) is 32.9 Å². The molecule has 0 heterocycles. The predicted molar refractivity (Wildman–Crippen MR) is 87.1 cm³/mol. The fourth-order valence-electron chi connectivity index (χ4n) is 2.89. The van der Waals surface area contributed by atoms with Crippen molar-refractivity contribution >= 4 is 5.69 Å². The van der Waals surface area contributed by atoms with E-state index in [9.17, 15) is 0 Å². The van der Waals surface area contributed by atoms with E-state index in [-0.39, 0.29) is 16.5 Å². The number of hydrogen-bond acceptors (Lipinski definition) is 1. The minimum Gasteiger partial charge on any atom is -0.362 e. The summed E-state index contributed by atoms with van der Waals surface area (Å²) in [7, 11) is 0. The summed E-state index contributed by atoms with van der Waals surface area (Å²) >= 11 is 0. The van der Waals surface area contributed by atoms with Gasteiger partial charge >= 0.3 is 0 Å². The van der Waals surface area contributed by atoms with Crippen LogP contribution in [0.2, 0.25) is 0 Å². The molecule has 0 spiro atoms. The Morgan fingerprint density at radius 2 is 1.00 bits per heavy atom. The van der Waals surface area contributed by atoms with E-state index in [4.69, 9.17) is 0 Å². The van der Waals surface area contributed by atoms with Crippen molar-refractivity contribution in [3.05, 3.63) is 29.8 Å². The van der Waals surface area contributed by atoms with Crippen molar-refractivity contribution in [1.82, 2.24) is 0 Å². The van der Waals surface area contributed by atoms with Crippen LogP contribution in [0.1, 0.15) is 67.9 Å². The number of rotatable bonds is 1. The van der Waals surface area contributed by atoms with Crippen LogP contribution in [-0.2, 0) is 5.41 Å². The lowest BCUT2D eigenvalue weighted by Crippen LogP contribution is -2.53. The van der Waals surface area contributed by atoms with Gasteiger partial charge in [0, 0.05) is 16.8 Å². The molecule has 1 heteroatoms. The highest BCUT2D eigenvalue weighted by molar-refractivity contribution is 5.52. The molecule has 0 atom stereocenters. The SMILES string of the molecule is CC(C)(C)c1ccc(N(C(C)(C)C)C(C)(C)C)cc1. The van der Waals surface area contributed by atoms with Gasteiger partial charge < -0.3 is 4.90 Å². The van der Waals surface area contributed by atoms with Gasteiger partial charge in [-0.15, -0.1) is 0 Å². The average Bonchev–Trinajstić information content (AvgIpc) is 2.12. The summed E-state index contributed by atoms with van der Waals surface area (Å²) in [6.07, 6.45) is 0. The Bertz CT molecular complexity index is 393. The summed E-state index contributed by atoms with van der Waals surface area (Å²) in [4.78, 5) is 2.49. The van der Waals surface area contributed by atoms with E-state index in [1.54, 1.807) is 0 Å². The van der Waals surface area contributed by atoms with Crippen LogP contribution in [0.25, 0.3) is 0 Å². The topological polar surface area (TPSA) is 3.24 Å². The third-order valence-electron chi connectivity index (χ3n) is 3.33. The molecule has 0 saturated carbocycles. The van der Waals surface area contributed by atoms with Crippen LogP contribution in [0, 0.1) is 0 Å². The minimum atomic E-state index is 0.113. The van der Waals surface area contributed by atoms with Crippen molar-refractivity contribution in [2.24, 2.45) is 0 Å². The Balaban J connectivity index is 3.20. The normalized spacial score (nSPS) is 13.5. The molecule has 0 bridgehead atoms. The zero-order valence-electron chi connectivity index (χ0n) is 14.3. The highest BCUT2D eigenvalue weighted by Gasteiger charge is 2.31. The Labute approximate surface area is 120 Å². The largest absolute Gasteiger partial charge is 0.362 e. The van der Waals surface area contributed by atoms with Crippen molar-refractivity contribution in [2.45, 2.75) is 78.8 Å². The van der Waals surface area contributed by atoms with Gasteiger partial charge in [-0.3, -0.25) is 0 Å². The van der Waals surface area contributed by atoms with E-state index in [0.29, 0.717) is 0 Å². The van der Waals surface area contributed by atoms with E-state index in [2.05, 4.69) is 91.5 Å². The average molecular weight is 261 g/mol. The molecular formula is C18H31N. The second kappa shape index (κ2) is 4.85. The van der Waals surface area contributed by atoms with Gasteiger partial charge in [-0.2, -0.15) is 0 Å². The van der Waals surface area contributed by atoms with E-state index in [1.807, 2.05) is 0 Å². The quantitative estimate of drug-likeness (QED) is 0.655. The molecule has 1 aromatic carbocycles. The first kappa shape index (κ1) is 16.1. The first-order valence-electron chi connectivity index (χ1n) is 7.24. The minimum absolute atomic E-state index is 0.113. The van der Waals surface area contributed by atoms with Gasteiger partial charge in [-0.05, 0) is 64.7 Å². The molecule has 1 nitrogen and oxygen atoms in total. The molecule has 108 valence electrons. The predicted octanol–water partition coefficient (Wildman–Crippen LogP) is 5.39. The van der Waals surface area contributed by atoms with Gasteiger partial charge in [0.1, 0.15) is 0 Å². The second-order valence-electron chi connectivity index (χ2n) is 8.47. The maximum atomic E-state index is 2.49. The van der Waals surface area contributed by atoms with Crippen LogP contribution in [0.4, 0.5) is 5.69 Å². The maximum absolute atomic E-state index is 2.49. The Morgan fingerprint density at radius 1 is 0.632 bits per heavy atom. The van der Waals surface area contributed by atoms with Gasteiger partial charge in [-0.25, -0.2) is 0 Å². The first-order chi connectivity index (χ1) is 8.33. The zero-order valence-corrected chi connectivity index (χ0v) is 14.3. The number of hydrogen-bond donors (Lipinski definition) is 0. The standard InChI is InChI=1S/C18H31N/c1-16(2,3)14-10-12-15(13-11-14)19(17(4,5)6)18(7,8)9/h10-13H,1-9H3. The lowest BCUT2D eigenvalue weighted by molar-refractivity contribution is 0.381. The van der Waals surface area contributed by atoms with E-state index in [0.717, 1.165) is 0 Å². The number of anilines is 1. The summed E-state index contributed by atoms with van der Waals surface area (Å²) in [5.74, 6) is 0. The highest BCUT2D eigenvalue weighted by Crippen LogP contribution is 2.33. The van der Waals surface area contributed by atoms with Crippen LogP contribution in [0.15, 0.2) is 24.3 Å². The van der Waals surface area contributed by atoms with Crippen LogP contribution >= 0.6 is 0 Å². The van der Waals surface area contributed by atoms with Gasteiger partial charge in [0.05, 0.1) is 0 Å². The summed E-state index contributed by atoms with van der Waals surface area (Å²) < 4.78 is 0. The smallest absolute Gasteiger partial charge is 0.0375 e. The number of nitrogens with zero attached hydrogens (tertiary/aromatic N) is 1. The lowest BCUT2D eigenvalue weighted by Gasteiger charge is -2.47.